The van der Waals surface area contributed by atoms with Crippen molar-refractivity contribution in [2.24, 2.45) is 5.73 Å². The number of carbonyl (C=O) groups excluding carboxylic acids is 2. The largest absolute Gasteiger partial charge is 0.468 e. The topological polar surface area (TPSA) is 88.6 Å². The molecule has 0 bridgehead atoms. The zero-order valence-corrected chi connectivity index (χ0v) is 12.4. The second kappa shape index (κ2) is 7.42. The van der Waals surface area contributed by atoms with Crippen LogP contribution in [0.4, 0.5) is 0 Å². The number of carbonyl (C=O) groups is 2. The van der Waals surface area contributed by atoms with Crippen LogP contribution in [0.2, 0.25) is 0 Å². The van der Waals surface area contributed by atoms with Crippen LogP contribution in [-0.2, 0) is 17.9 Å². The summed E-state index contributed by atoms with van der Waals surface area (Å²) < 4.78 is 5.30. The van der Waals surface area contributed by atoms with Gasteiger partial charge in [0.25, 0.3) is 5.91 Å². The van der Waals surface area contributed by atoms with Gasteiger partial charge in [-0.2, -0.15) is 0 Å². The highest BCUT2D eigenvalue weighted by Crippen LogP contribution is 2.11. The number of nitrogens with one attached hydrogen (secondary N) is 1. The number of furan rings is 1. The molecule has 2 rings (SSSR count). The molecule has 1 aromatic carbocycles. The molecular formula is C16H19N3O3. The van der Waals surface area contributed by atoms with Crippen LogP contribution in [0.25, 0.3) is 0 Å². The third-order valence-electron chi connectivity index (χ3n) is 3.19. The Labute approximate surface area is 128 Å². The molecule has 0 fully saturated rings. The molecule has 0 aliphatic rings. The number of amides is 2. The van der Waals surface area contributed by atoms with Crippen molar-refractivity contribution in [1.29, 1.82) is 0 Å². The molecule has 0 aliphatic heterocycles. The van der Waals surface area contributed by atoms with E-state index in [9.17, 15) is 9.59 Å². The summed E-state index contributed by atoms with van der Waals surface area (Å²) in [4.78, 5) is 24.6. The quantitative estimate of drug-likeness (QED) is 0.802. The zero-order chi connectivity index (χ0) is 15.9. The first-order valence-electron chi connectivity index (χ1n) is 6.92. The zero-order valence-electron chi connectivity index (χ0n) is 12.4. The molecule has 0 radical (unpaired) electrons. The molecule has 0 spiro atoms. The molecular weight excluding hydrogens is 282 g/mol. The number of benzene rings is 1. The van der Waals surface area contributed by atoms with Gasteiger partial charge in [0.1, 0.15) is 5.76 Å². The van der Waals surface area contributed by atoms with Gasteiger partial charge < -0.3 is 15.5 Å². The Balaban J connectivity index is 2.05. The lowest BCUT2D eigenvalue weighted by Gasteiger charge is -2.19. The van der Waals surface area contributed by atoms with Gasteiger partial charge in [-0.05, 0) is 29.8 Å². The van der Waals surface area contributed by atoms with Crippen LogP contribution < -0.4 is 11.1 Å². The average molecular weight is 301 g/mol. The molecule has 6 nitrogen and oxygen atoms in total. The van der Waals surface area contributed by atoms with Crippen LogP contribution in [0.1, 0.15) is 21.7 Å². The molecule has 2 amide bonds. The summed E-state index contributed by atoms with van der Waals surface area (Å²) in [6, 6.07) is 10.9. The van der Waals surface area contributed by atoms with Gasteiger partial charge in [0.05, 0.1) is 19.4 Å². The summed E-state index contributed by atoms with van der Waals surface area (Å²) in [5, 5.41) is 2.57. The van der Waals surface area contributed by atoms with Gasteiger partial charge in [-0.15, -0.1) is 0 Å². The average Bonchev–Trinajstić information content (AvgIpc) is 2.99. The Morgan fingerprint density at radius 2 is 1.91 bits per heavy atom. The molecule has 116 valence electrons. The fraction of sp³-hybridized carbons (Fsp3) is 0.250. The van der Waals surface area contributed by atoms with Crippen LogP contribution in [0.5, 0.6) is 0 Å². The summed E-state index contributed by atoms with van der Waals surface area (Å²) in [5.41, 5.74) is 6.88. The standard InChI is InChI=1S/C16H19N3O3/c1-18-16(21)13-6-4-12(5-7-13)9-19(11-15(17)20)10-14-3-2-8-22-14/h2-8H,9-11H2,1H3,(H2,17,20)(H,18,21). The lowest BCUT2D eigenvalue weighted by atomic mass is 10.1. The highest BCUT2D eigenvalue weighted by atomic mass is 16.3. The lowest BCUT2D eigenvalue weighted by molar-refractivity contribution is -0.119. The van der Waals surface area contributed by atoms with Gasteiger partial charge in [-0.1, -0.05) is 12.1 Å². The van der Waals surface area contributed by atoms with Crippen molar-refractivity contribution < 1.29 is 14.0 Å². The number of nitrogens with zero attached hydrogens (tertiary/aromatic N) is 1. The maximum Gasteiger partial charge on any atom is 0.251 e. The van der Waals surface area contributed by atoms with E-state index >= 15 is 0 Å². The predicted octanol–water partition coefficient (Wildman–Crippen LogP) is 1.13. The minimum atomic E-state index is -0.395. The Kier molecular flexibility index (Phi) is 5.32. The van der Waals surface area contributed by atoms with E-state index in [-0.39, 0.29) is 12.5 Å². The first-order chi connectivity index (χ1) is 10.6. The molecule has 2 aromatic rings. The van der Waals surface area contributed by atoms with E-state index < -0.39 is 5.91 Å². The summed E-state index contributed by atoms with van der Waals surface area (Å²) in [7, 11) is 1.59. The third kappa shape index (κ3) is 4.46. The van der Waals surface area contributed by atoms with Crippen molar-refractivity contribution in [3.63, 3.8) is 0 Å². The highest BCUT2D eigenvalue weighted by molar-refractivity contribution is 5.93. The molecule has 3 N–H and O–H groups in total. The van der Waals surface area contributed by atoms with Crippen LogP contribution >= 0.6 is 0 Å². The summed E-state index contributed by atoms with van der Waals surface area (Å²) in [6.07, 6.45) is 1.59. The molecule has 0 atom stereocenters. The van der Waals surface area contributed by atoms with Gasteiger partial charge >= 0.3 is 0 Å². The Hall–Kier alpha value is -2.60. The van der Waals surface area contributed by atoms with Gasteiger partial charge in [0.15, 0.2) is 0 Å². The molecule has 1 heterocycles. The summed E-state index contributed by atoms with van der Waals surface area (Å²) in [5.74, 6) is 0.243. The van der Waals surface area contributed by atoms with Gasteiger partial charge in [0, 0.05) is 19.2 Å². The molecule has 0 saturated heterocycles. The molecule has 1 aromatic heterocycles. The van der Waals surface area contributed by atoms with E-state index in [4.69, 9.17) is 10.2 Å². The Morgan fingerprint density at radius 3 is 2.45 bits per heavy atom. The molecule has 0 unspecified atom stereocenters. The fourth-order valence-electron chi connectivity index (χ4n) is 2.18. The molecule has 0 aliphatic carbocycles. The first kappa shape index (κ1) is 15.8. The SMILES string of the molecule is CNC(=O)c1ccc(CN(CC(N)=O)Cc2ccco2)cc1. The van der Waals surface area contributed by atoms with E-state index in [0.29, 0.717) is 18.7 Å². The van der Waals surface area contributed by atoms with Crippen molar-refractivity contribution in [2.75, 3.05) is 13.6 Å². The van der Waals surface area contributed by atoms with Crippen molar-refractivity contribution in [3.8, 4) is 0 Å². The fourth-order valence-corrected chi connectivity index (χ4v) is 2.18. The normalized spacial score (nSPS) is 10.6. The minimum Gasteiger partial charge on any atom is -0.468 e. The van der Waals surface area contributed by atoms with E-state index in [1.165, 1.54) is 0 Å². The smallest absolute Gasteiger partial charge is 0.251 e. The highest BCUT2D eigenvalue weighted by Gasteiger charge is 2.12. The first-order valence-corrected chi connectivity index (χ1v) is 6.92. The van der Waals surface area contributed by atoms with Gasteiger partial charge in [-0.3, -0.25) is 14.5 Å². The number of hydrogen-bond donors (Lipinski definition) is 2. The molecule has 6 heteroatoms. The number of rotatable bonds is 7. The number of primary amides is 1. The van der Waals surface area contributed by atoms with Crippen LogP contribution in [0.15, 0.2) is 47.1 Å². The second-order valence-corrected chi connectivity index (χ2v) is 4.97. The maximum atomic E-state index is 11.5. The van der Waals surface area contributed by atoms with Gasteiger partial charge in [0.2, 0.25) is 5.91 Å². The number of hydrogen-bond acceptors (Lipinski definition) is 4. The van der Waals surface area contributed by atoms with Crippen LogP contribution in [-0.4, -0.2) is 30.3 Å². The number of nitrogens with two attached hydrogens (primary N) is 1. The second-order valence-electron chi connectivity index (χ2n) is 4.97. The third-order valence-corrected chi connectivity index (χ3v) is 3.19. The van der Waals surface area contributed by atoms with Crippen LogP contribution in [0, 0.1) is 0 Å². The van der Waals surface area contributed by atoms with E-state index in [0.717, 1.165) is 11.3 Å². The minimum absolute atomic E-state index is 0.129. The summed E-state index contributed by atoms with van der Waals surface area (Å²) >= 11 is 0. The van der Waals surface area contributed by atoms with Gasteiger partial charge in [-0.25, -0.2) is 0 Å². The Bertz CT molecular complexity index is 621. The maximum absolute atomic E-state index is 11.5. The van der Waals surface area contributed by atoms with E-state index in [1.54, 1.807) is 31.5 Å². The monoisotopic (exact) mass is 301 g/mol. The predicted molar refractivity (Wildman–Crippen MR) is 81.8 cm³/mol. The molecule has 0 saturated carbocycles. The van der Waals surface area contributed by atoms with Crippen molar-refractivity contribution in [1.82, 2.24) is 10.2 Å². The Morgan fingerprint density at radius 1 is 1.18 bits per heavy atom. The van der Waals surface area contributed by atoms with Crippen molar-refractivity contribution in [3.05, 3.63) is 59.5 Å². The van der Waals surface area contributed by atoms with Crippen molar-refractivity contribution >= 4 is 11.8 Å². The molecule has 22 heavy (non-hydrogen) atoms. The lowest BCUT2D eigenvalue weighted by Crippen LogP contribution is -2.32. The van der Waals surface area contributed by atoms with Crippen LogP contribution in [0.3, 0.4) is 0 Å². The van der Waals surface area contributed by atoms with E-state index in [1.807, 2.05) is 23.1 Å². The van der Waals surface area contributed by atoms with E-state index in [2.05, 4.69) is 5.32 Å². The van der Waals surface area contributed by atoms with Crippen molar-refractivity contribution in [2.45, 2.75) is 13.1 Å². The summed E-state index contributed by atoms with van der Waals surface area (Å²) in [6.45, 7) is 1.17.